The molecule has 33 heavy (non-hydrogen) atoms. The van der Waals surface area contributed by atoms with Crippen LogP contribution >= 0.6 is 0 Å². The van der Waals surface area contributed by atoms with E-state index in [-0.39, 0.29) is 12.3 Å². The van der Waals surface area contributed by atoms with Crippen molar-refractivity contribution >= 4 is 33.3 Å². The number of hydrogen-bond donors (Lipinski definition) is 0. The van der Waals surface area contributed by atoms with Crippen molar-refractivity contribution in [3.05, 3.63) is 118 Å². The molecule has 6 nitrogen and oxygen atoms in total. The van der Waals surface area contributed by atoms with Crippen molar-refractivity contribution in [2.45, 2.75) is 6.61 Å². The molecule has 6 heteroatoms. The van der Waals surface area contributed by atoms with Crippen LogP contribution in [0.4, 0.5) is 5.69 Å². The first-order chi connectivity index (χ1) is 16.1. The van der Waals surface area contributed by atoms with Crippen molar-refractivity contribution in [1.82, 2.24) is 4.98 Å². The Morgan fingerprint density at radius 3 is 2.33 bits per heavy atom. The maximum atomic E-state index is 13.1. The van der Waals surface area contributed by atoms with Crippen molar-refractivity contribution in [2.75, 3.05) is 0 Å². The minimum Gasteiger partial charge on any atom is -0.457 e. The number of pyridine rings is 1. The third-order valence-corrected chi connectivity index (χ3v) is 5.52. The lowest BCUT2D eigenvalue weighted by molar-refractivity contribution is -0.384. The minimum absolute atomic E-state index is 0.00932. The second kappa shape index (κ2) is 8.51. The molecule has 4 aromatic carbocycles. The number of non-ortho nitro benzene ring substituents is 1. The monoisotopic (exact) mass is 434 g/mol. The van der Waals surface area contributed by atoms with E-state index in [1.807, 2.05) is 66.7 Å². The number of hydrogen-bond acceptors (Lipinski definition) is 5. The van der Waals surface area contributed by atoms with Crippen LogP contribution in [0.5, 0.6) is 0 Å². The number of fused-ring (bicyclic) bond motifs is 2. The van der Waals surface area contributed by atoms with E-state index < -0.39 is 10.9 Å². The van der Waals surface area contributed by atoms with Crippen LogP contribution in [0.3, 0.4) is 0 Å². The molecule has 160 valence electrons. The van der Waals surface area contributed by atoms with Gasteiger partial charge in [0.1, 0.15) is 6.61 Å². The van der Waals surface area contributed by atoms with E-state index >= 15 is 0 Å². The first kappa shape index (κ1) is 20.3. The fraction of sp³-hybridized carbons (Fsp3) is 0.0370. The molecule has 0 saturated heterocycles. The van der Waals surface area contributed by atoms with Gasteiger partial charge in [0.2, 0.25) is 0 Å². The number of nitrogens with zero attached hydrogens (tertiary/aromatic N) is 2. The highest BCUT2D eigenvalue weighted by molar-refractivity contribution is 6.06. The summed E-state index contributed by atoms with van der Waals surface area (Å²) in [6, 6.07) is 29.2. The SMILES string of the molecule is O=C(OCc1ccc([N+](=O)[O-])cc1)c1cc(-c2cccc3ccccc23)nc2ccccc12. The van der Waals surface area contributed by atoms with Gasteiger partial charge in [0.25, 0.3) is 5.69 Å². The summed E-state index contributed by atoms with van der Waals surface area (Å²) in [5, 5.41) is 13.7. The van der Waals surface area contributed by atoms with E-state index in [9.17, 15) is 14.9 Å². The standard InChI is InChI=1S/C27H18N2O4/c30-27(33-17-18-12-14-20(15-13-18)29(31)32)24-16-26(28-25-11-4-3-9-23(24)25)22-10-5-7-19-6-1-2-8-21(19)22/h1-16H,17H2. The van der Waals surface area contributed by atoms with E-state index in [1.54, 1.807) is 18.2 Å². The average molecular weight is 434 g/mol. The number of esters is 1. The van der Waals surface area contributed by atoms with Crippen LogP contribution in [0.15, 0.2) is 97.1 Å². The minimum atomic E-state index is -0.478. The molecule has 5 rings (SSSR count). The van der Waals surface area contributed by atoms with Gasteiger partial charge in [-0.3, -0.25) is 10.1 Å². The van der Waals surface area contributed by atoms with E-state index in [1.165, 1.54) is 12.1 Å². The lowest BCUT2D eigenvalue weighted by Gasteiger charge is -2.12. The Labute approximate surface area is 189 Å². The van der Waals surface area contributed by atoms with Crippen LogP contribution in [0.25, 0.3) is 32.9 Å². The van der Waals surface area contributed by atoms with E-state index in [2.05, 4.69) is 0 Å². The van der Waals surface area contributed by atoms with Crippen molar-refractivity contribution < 1.29 is 14.5 Å². The summed E-state index contributed by atoms with van der Waals surface area (Å²) in [7, 11) is 0. The highest BCUT2D eigenvalue weighted by Gasteiger charge is 2.16. The van der Waals surface area contributed by atoms with Gasteiger partial charge in [-0.05, 0) is 40.6 Å². The molecule has 0 aliphatic heterocycles. The first-order valence-electron chi connectivity index (χ1n) is 10.4. The van der Waals surface area contributed by atoms with Crippen LogP contribution in [-0.2, 0) is 11.3 Å². The second-order valence-electron chi connectivity index (χ2n) is 7.60. The summed E-state index contributed by atoms with van der Waals surface area (Å²) < 4.78 is 5.56. The van der Waals surface area contributed by atoms with E-state index in [0.29, 0.717) is 27.7 Å². The maximum Gasteiger partial charge on any atom is 0.339 e. The number of benzene rings is 4. The Morgan fingerprint density at radius 2 is 1.55 bits per heavy atom. The molecule has 0 radical (unpaired) electrons. The summed E-state index contributed by atoms with van der Waals surface area (Å²) in [4.78, 5) is 28.3. The fourth-order valence-electron chi connectivity index (χ4n) is 3.87. The number of para-hydroxylation sites is 1. The zero-order valence-corrected chi connectivity index (χ0v) is 17.5. The Kier molecular flexibility index (Phi) is 5.24. The molecule has 0 amide bonds. The molecule has 0 N–H and O–H groups in total. The van der Waals surface area contributed by atoms with Gasteiger partial charge in [-0.1, -0.05) is 60.7 Å². The largest absolute Gasteiger partial charge is 0.457 e. The van der Waals surface area contributed by atoms with Crippen molar-refractivity contribution in [3.8, 4) is 11.3 Å². The molecule has 0 aliphatic carbocycles. The highest BCUT2D eigenvalue weighted by Crippen LogP contribution is 2.31. The van der Waals surface area contributed by atoms with Gasteiger partial charge in [-0.2, -0.15) is 0 Å². The summed E-state index contributed by atoms with van der Waals surface area (Å²) in [5.74, 6) is -0.478. The molecule has 1 aromatic heterocycles. The lowest BCUT2D eigenvalue weighted by atomic mass is 9.99. The molecule has 0 bridgehead atoms. The predicted octanol–water partition coefficient (Wildman–Crippen LogP) is 6.32. The first-order valence-corrected chi connectivity index (χ1v) is 10.4. The molecule has 0 atom stereocenters. The Balaban J connectivity index is 1.52. The molecule has 0 fully saturated rings. The van der Waals surface area contributed by atoms with Gasteiger partial charge in [0.15, 0.2) is 0 Å². The molecule has 5 aromatic rings. The smallest absolute Gasteiger partial charge is 0.339 e. The third kappa shape index (κ3) is 4.02. The predicted molar refractivity (Wildman–Crippen MR) is 127 cm³/mol. The maximum absolute atomic E-state index is 13.1. The number of aromatic nitrogens is 1. The number of rotatable bonds is 5. The number of nitro groups is 1. The molecule has 0 saturated carbocycles. The lowest BCUT2D eigenvalue weighted by Crippen LogP contribution is -2.07. The fourth-order valence-corrected chi connectivity index (χ4v) is 3.87. The molecular formula is C27H18N2O4. The van der Waals surface area contributed by atoms with Gasteiger partial charge >= 0.3 is 5.97 Å². The van der Waals surface area contributed by atoms with Crippen LogP contribution < -0.4 is 0 Å². The zero-order chi connectivity index (χ0) is 22.8. The summed E-state index contributed by atoms with van der Waals surface area (Å²) in [5.41, 5.74) is 3.40. The second-order valence-corrected chi connectivity index (χ2v) is 7.60. The van der Waals surface area contributed by atoms with Gasteiger partial charge in [-0.15, -0.1) is 0 Å². The Hall–Kier alpha value is -4.58. The van der Waals surface area contributed by atoms with Gasteiger partial charge < -0.3 is 4.74 Å². The third-order valence-electron chi connectivity index (χ3n) is 5.52. The number of nitro benzene ring substituents is 1. The zero-order valence-electron chi connectivity index (χ0n) is 17.5. The van der Waals surface area contributed by atoms with Crippen molar-refractivity contribution in [3.63, 3.8) is 0 Å². The van der Waals surface area contributed by atoms with E-state index in [4.69, 9.17) is 9.72 Å². The number of ether oxygens (including phenoxy) is 1. The molecule has 0 aliphatic rings. The quantitative estimate of drug-likeness (QED) is 0.184. The van der Waals surface area contributed by atoms with Crippen LogP contribution in [-0.4, -0.2) is 15.9 Å². The Bertz CT molecular complexity index is 1510. The molecule has 0 unspecified atom stereocenters. The number of carbonyl (C=O) groups is 1. The van der Waals surface area contributed by atoms with Crippen LogP contribution in [0, 0.1) is 10.1 Å². The summed E-state index contributed by atoms with van der Waals surface area (Å²) >= 11 is 0. The van der Waals surface area contributed by atoms with Crippen molar-refractivity contribution in [2.24, 2.45) is 0 Å². The molecule has 1 heterocycles. The van der Waals surface area contributed by atoms with Crippen LogP contribution in [0.1, 0.15) is 15.9 Å². The molecular weight excluding hydrogens is 416 g/mol. The summed E-state index contributed by atoms with van der Waals surface area (Å²) in [6.45, 7) is 0.0110. The van der Waals surface area contributed by atoms with Gasteiger partial charge in [0, 0.05) is 23.1 Å². The molecule has 0 spiro atoms. The van der Waals surface area contributed by atoms with Crippen LogP contribution in [0.2, 0.25) is 0 Å². The topological polar surface area (TPSA) is 82.3 Å². The van der Waals surface area contributed by atoms with Gasteiger partial charge in [0.05, 0.1) is 21.7 Å². The normalized spacial score (nSPS) is 10.9. The average Bonchev–Trinajstić information content (AvgIpc) is 2.86. The number of carbonyl (C=O) groups excluding carboxylic acids is 1. The van der Waals surface area contributed by atoms with Gasteiger partial charge in [-0.25, -0.2) is 9.78 Å². The van der Waals surface area contributed by atoms with Crippen molar-refractivity contribution in [1.29, 1.82) is 0 Å². The summed E-state index contributed by atoms with van der Waals surface area (Å²) in [6.07, 6.45) is 0. The Morgan fingerprint density at radius 1 is 0.848 bits per heavy atom. The highest BCUT2D eigenvalue weighted by atomic mass is 16.6. The van der Waals surface area contributed by atoms with E-state index in [0.717, 1.165) is 16.3 Å².